The molecular formula is C36H48N2O11. The number of unbranched alkanes of at least 4 members (excludes halogenated alkanes) is 7. The van der Waals surface area contributed by atoms with Gasteiger partial charge >= 0.3 is 5.97 Å². The number of carbonyl (C=O) groups is 2. The standard InChI is InChI=1S/C36H48N2O11/c1-46-26-17-15-24(16-18-26)31-27(49-38-32(31)25-13-11-23(21-39)12-14-25)20-29(40)37-19-9-7-5-3-2-4-6-8-10-30(41)47-22-28-33(42)34(43)35(44)36(45)48-28/h11-18,28,33-36,39,42-45H,2-10,19-22H2,1H3,(H,37,40). The van der Waals surface area contributed by atoms with Crippen LogP contribution in [-0.2, 0) is 32.1 Å². The van der Waals surface area contributed by atoms with Gasteiger partial charge in [0.25, 0.3) is 0 Å². The van der Waals surface area contributed by atoms with E-state index in [9.17, 15) is 35.1 Å². The summed E-state index contributed by atoms with van der Waals surface area (Å²) in [6, 6.07) is 14.9. The smallest absolute Gasteiger partial charge is 0.305 e. The van der Waals surface area contributed by atoms with Gasteiger partial charge in [-0.1, -0.05) is 80.1 Å². The molecule has 1 aliphatic heterocycles. The highest BCUT2D eigenvalue weighted by atomic mass is 16.6. The van der Waals surface area contributed by atoms with Crippen LogP contribution in [0.4, 0.5) is 0 Å². The van der Waals surface area contributed by atoms with E-state index in [1.54, 1.807) is 7.11 Å². The summed E-state index contributed by atoms with van der Waals surface area (Å²) in [5.74, 6) is 0.574. The molecule has 0 aliphatic carbocycles. The van der Waals surface area contributed by atoms with Crippen LogP contribution in [-0.4, -0.2) is 93.5 Å². The van der Waals surface area contributed by atoms with E-state index >= 15 is 0 Å². The molecule has 49 heavy (non-hydrogen) atoms. The first-order valence-corrected chi connectivity index (χ1v) is 16.8. The molecule has 6 N–H and O–H groups in total. The second kappa shape index (κ2) is 19.4. The van der Waals surface area contributed by atoms with Gasteiger partial charge in [0, 0.05) is 18.5 Å². The van der Waals surface area contributed by atoms with Gasteiger partial charge in [-0.3, -0.25) is 9.59 Å². The zero-order valence-electron chi connectivity index (χ0n) is 27.8. The minimum Gasteiger partial charge on any atom is -0.497 e. The van der Waals surface area contributed by atoms with Crippen LogP contribution in [0, 0.1) is 0 Å². The summed E-state index contributed by atoms with van der Waals surface area (Å²) in [6.45, 7) is 0.177. The van der Waals surface area contributed by atoms with Crippen LogP contribution >= 0.6 is 0 Å². The second-order valence-corrected chi connectivity index (χ2v) is 12.2. The van der Waals surface area contributed by atoms with Gasteiger partial charge in [-0.25, -0.2) is 0 Å². The molecule has 1 amide bonds. The van der Waals surface area contributed by atoms with Crippen LogP contribution in [0.2, 0.25) is 0 Å². The summed E-state index contributed by atoms with van der Waals surface area (Å²) in [5.41, 5.74) is 3.81. The molecule has 13 nitrogen and oxygen atoms in total. The van der Waals surface area contributed by atoms with Crippen LogP contribution in [0.15, 0.2) is 53.1 Å². The third kappa shape index (κ3) is 11.1. The molecule has 2 aromatic carbocycles. The molecule has 1 aliphatic rings. The van der Waals surface area contributed by atoms with Gasteiger partial charge in [-0.2, -0.15) is 0 Å². The molecule has 1 saturated heterocycles. The maximum Gasteiger partial charge on any atom is 0.305 e. The topological polar surface area (TPSA) is 201 Å². The molecule has 3 aromatic rings. The summed E-state index contributed by atoms with van der Waals surface area (Å²) >= 11 is 0. The minimum absolute atomic E-state index is 0.0450. The average Bonchev–Trinajstić information content (AvgIpc) is 3.53. The van der Waals surface area contributed by atoms with Gasteiger partial charge in [0.2, 0.25) is 5.91 Å². The maximum atomic E-state index is 12.9. The fraction of sp³-hybridized carbons (Fsp3) is 0.528. The fourth-order valence-corrected chi connectivity index (χ4v) is 5.67. The highest BCUT2D eigenvalue weighted by molar-refractivity contribution is 5.86. The van der Waals surface area contributed by atoms with Crippen molar-refractivity contribution in [1.82, 2.24) is 10.5 Å². The maximum absolute atomic E-state index is 12.9. The number of benzene rings is 2. The summed E-state index contributed by atoms with van der Waals surface area (Å²) in [4.78, 5) is 24.9. The predicted octanol–water partition coefficient (Wildman–Crippen LogP) is 3.02. The number of ether oxygens (including phenoxy) is 3. The van der Waals surface area contributed by atoms with Gasteiger partial charge < -0.3 is 49.6 Å². The first kappa shape index (κ1) is 38.0. The zero-order chi connectivity index (χ0) is 35.2. The molecule has 13 heteroatoms. The number of amides is 1. The summed E-state index contributed by atoms with van der Waals surface area (Å²) in [5, 5.41) is 55.4. The number of aliphatic hydroxyl groups is 5. The number of aromatic nitrogens is 1. The average molecular weight is 685 g/mol. The Morgan fingerprint density at radius 2 is 1.45 bits per heavy atom. The van der Waals surface area contributed by atoms with Crippen molar-refractivity contribution in [3.8, 4) is 28.1 Å². The highest BCUT2D eigenvalue weighted by Gasteiger charge is 2.43. The molecule has 5 atom stereocenters. The number of nitrogens with zero attached hydrogens (tertiary/aromatic N) is 1. The van der Waals surface area contributed by atoms with E-state index in [2.05, 4.69) is 10.5 Å². The lowest BCUT2D eigenvalue weighted by molar-refractivity contribution is -0.287. The van der Waals surface area contributed by atoms with Gasteiger partial charge in [0.15, 0.2) is 12.1 Å². The summed E-state index contributed by atoms with van der Waals surface area (Å²) in [7, 11) is 1.60. The zero-order valence-corrected chi connectivity index (χ0v) is 27.8. The lowest BCUT2D eigenvalue weighted by atomic mass is 9.97. The molecule has 2 heterocycles. The molecule has 0 bridgehead atoms. The van der Waals surface area contributed by atoms with E-state index in [1.165, 1.54) is 0 Å². The third-order valence-corrected chi connectivity index (χ3v) is 8.60. The number of hydrogen-bond donors (Lipinski definition) is 6. The first-order chi connectivity index (χ1) is 23.7. The Kier molecular flexibility index (Phi) is 15.0. The third-order valence-electron chi connectivity index (χ3n) is 8.60. The summed E-state index contributed by atoms with van der Waals surface area (Å²) < 4.78 is 21.1. The molecule has 0 saturated carbocycles. The number of methoxy groups -OCH3 is 1. The Morgan fingerprint density at radius 1 is 0.816 bits per heavy atom. The summed E-state index contributed by atoms with van der Waals surface area (Å²) in [6.07, 6.45) is 0.254. The Hall–Kier alpha value is -3.85. The van der Waals surface area contributed by atoms with Crippen molar-refractivity contribution in [2.75, 3.05) is 20.3 Å². The lowest BCUT2D eigenvalue weighted by Gasteiger charge is -2.37. The normalized spacial score (nSPS) is 20.6. The molecular weight excluding hydrogens is 636 g/mol. The second-order valence-electron chi connectivity index (χ2n) is 12.2. The Bertz CT molecular complexity index is 1440. The molecule has 1 aromatic heterocycles. The van der Waals surface area contributed by atoms with Crippen molar-refractivity contribution in [2.24, 2.45) is 0 Å². The largest absolute Gasteiger partial charge is 0.497 e. The van der Waals surface area contributed by atoms with E-state index < -0.39 is 36.7 Å². The van der Waals surface area contributed by atoms with Crippen molar-refractivity contribution >= 4 is 11.9 Å². The van der Waals surface area contributed by atoms with Crippen LogP contribution in [0.3, 0.4) is 0 Å². The fourth-order valence-electron chi connectivity index (χ4n) is 5.67. The number of rotatable bonds is 19. The van der Waals surface area contributed by atoms with Crippen molar-refractivity contribution in [2.45, 2.75) is 102 Å². The quantitative estimate of drug-likeness (QED) is 0.0798. The number of esters is 1. The number of aliphatic hydroxyl groups excluding tert-OH is 5. The number of carbonyl (C=O) groups excluding carboxylic acids is 2. The molecule has 1 fully saturated rings. The van der Waals surface area contributed by atoms with Crippen LogP contribution in [0.5, 0.6) is 5.75 Å². The van der Waals surface area contributed by atoms with E-state index in [0.29, 0.717) is 30.2 Å². The Balaban J connectivity index is 1.10. The Morgan fingerprint density at radius 3 is 2.10 bits per heavy atom. The SMILES string of the molecule is COc1ccc(-c2c(-c3ccc(CO)cc3)noc2CC(=O)NCCCCCCCCCCC(=O)OCC2OC(O)C(O)C(O)C2O)cc1. The monoisotopic (exact) mass is 684 g/mol. The van der Waals surface area contributed by atoms with Crippen molar-refractivity contribution < 1.29 is 53.9 Å². The van der Waals surface area contributed by atoms with Gasteiger partial charge in [0.05, 0.1) is 25.7 Å². The van der Waals surface area contributed by atoms with E-state index in [4.69, 9.17) is 18.7 Å². The predicted molar refractivity (Wildman–Crippen MR) is 178 cm³/mol. The van der Waals surface area contributed by atoms with Crippen molar-refractivity contribution in [1.29, 1.82) is 0 Å². The first-order valence-electron chi connectivity index (χ1n) is 16.8. The van der Waals surface area contributed by atoms with Crippen LogP contribution < -0.4 is 10.1 Å². The van der Waals surface area contributed by atoms with Gasteiger partial charge in [-0.05, 0) is 36.1 Å². The molecule has 0 radical (unpaired) electrons. The highest BCUT2D eigenvalue weighted by Crippen LogP contribution is 2.36. The van der Waals surface area contributed by atoms with E-state index in [-0.39, 0.29) is 32.0 Å². The van der Waals surface area contributed by atoms with Crippen LogP contribution in [0.25, 0.3) is 22.4 Å². The Labute approximate surface area is 285 Å². The van der Waals surface area contributed by atoms with Gasteiger partial charge in [0.1, 0.15) is 42.5 Å². The van der Waals surface area contributed by atoms with Gasteiger partial charge in [-0.15, -0.1) is 0 Å². The van der Waals surface area contributed by atoms with E-state index in [1.807, 2.05) is 48.5 Å². The number of nitrogens with one attached hydrogen (secondary N) is 1. The van der Waals surface area contributed by atoms with Crippen molar-refractivity contribution in [3.05, 3.63) is 59.9 Å². The van der Waals surface area contributed by atoms with Crippen molar-refractivity contribution in [3.63, 3.8) is 0 Å². The molecule has 0 spiro atoms. The molecule has 5 unspecified atom stereocenters. The van der Waals surface area contributed by atoms with E-state index in [0.717, 1.165) is 67.2 Å². The minimum atomic E-state index is -1.66. The molecule has 268 valence electrons. The number of hydrogen-bond acceptors (Lipinski definition) is 12. The lowest BCUT2D eigenvalue weighted by Crippen LogP contribution is -2.58. The molecule has 4 rings (SSSR count). The van der Waals surface area contributed by atoms with Crippen LogP contribution in [0.1, 0.15) is 69.1 Å².